The van der Waals surface area contributed by atoms with Crippen LogP contribution in [0.25, 0.3) is 0 Å². The number of rotatable bonds is 2. The molecule has 0 bridgehead atoms. The third kappa shape index (κ3) is 4.11. The number of guanidine groups is 1. The molecule has 3 atom stereocenters. The van der Waals surface area contributed by atoms with Crippen LogP contribution < -0.4 is 5.73 Å². The van der Waals surface area contributed by atoms with Crippen LogP contribution in [0.15, 0.2) is 27.7 Å². The summed E-state index contributed by atoms with van der Waals surface area (Å²) in [5.41, 5.74) is 7.08. The minimum absolute atomic E-state index is 0. The van der Waals surface area contributed by atoms with Crippen LogP contribution in [0.3, 0.4) is 0 Å². The van der Waals surface area contributed by atoms with Crippen LogP contribution in [-0.2, 0) is 4.74 Å². The smallest absolute Gasteiger partial charge is 0.191 e. The number of hydrogen-bond donors (Lipinski definition) is 1. The molecule has 0 spiro atoms. The van der Waals surface area contributed by atoms with Crippen molar-refractivity contribution in [3.63, 3.8) is 0 Å². The Morgan fingerprint density at radius 2 is 2.27 bits per heavy atom. The van der Waals surface area contributed by atoms with Crippen molar-refractivity contribution < 1.29 is 9.13 Å². The average Bonchev–Trinajstić information content (AvgIpc) is 3.21. The number of morpholine rings is 1. The Kier molecular flexibility index (Phi) is 6.07. The molecule has 0 radical (unpaired) electrons. The summed E-state index contributed by atoms with van der Waals surface area (Å²) in [6.45, 7) is 4.27. The molecule has 1 aromatic carbocycles. The highest BCUT2D eigenvalue weighted by Gasteiger charge is 2.39. The second-order valence-corrected chi connectivity index (χ2v) is 6.55. The van der Waals surface area contributed by atoms with E-state index in [9.17, 15) is 4.39 Å². The Morgan fingerprint density at radius 3 is 2.95 bits per heavy atom. The first-order valence-corrected chi connectivity index (χ1v) is 7.98. The maximum Gasteiger partial charge on any atom is 0.191 e. The molecule has 1 aliphatic heterocycles. The lowest BCUT2D eigenvalue weighted by atomic mass is 10.1. The molecule has 4 nitrogen and oxygen atoms in total. The minimum atomic E-state index is -0.225. The van der Waals surface area contributed by atoms with Crippen molar-refractivity contribution >= 4 is 45.9 Å². The second-order valence-electron chi connectivity index (χ2n) is 5.70. The summed E-state index contributed by atoms with van der Waals surface area (Å²) in [6, 6.07) is 5.44. The quantitative estimate of drug-likeness (QED) is 0.399. The van der Waals surface area contributed by atoms with Gasteiger partial charge in [0.15, 0.2) is 5.96 Å². The van der Waals surface area contributed by atoms with E-state index >= 15 is 0 Å². The Labute approximate surface area is 155 Å². The van der Waals surface area contributed by atoms with Crippen LogP contribution in [0.2, 0.25) is 0 Å². The highest BCUT2D eigenvalue weighted by atomic mass is 127. The van der Waals surface area contributed by atoms with E-state index in [1.165, 1.54) is 0 Å². The molecule has 0 aromatic heterocycles. The third-order valence-corrected chi connectivity index (χ3v) is 4.63. The van der Waals surface area contributed by atoms with Crippen LogP contribution in [0.1, 0.15) is 24.8 Å². The minimum Gasteiger partial charge on any atom is -0.375 e. The number of nitrogens with zero attached hydrogens (tertiary/aromatic N) is 2. The summed E-state index contributed by atoms with van der Waals surface area (Å²) in [4.78, 5) is 6.65. The summed E-state index contributed by atoms with van der Waals surface area (Å²) in [5.74, 6) is 0.636. The summed E-state index contributed by atoms with van der Waals surface area (Å²) >= 11 is 3.17. The van der Waals surface area contributed by atoms with Gasteiger partial charge in [0.25, 0.3) is 0 Å². The van der Waals surface area contributed by atoms with Crippen molar-refractivity contribution in [2.75, 3.05) is 19.7 Å². The topological polar surface area (TPSA) is 50.8 Å². The summed E-state index contributed by atoms with van der Waals surface area (Å²) in [7, 11) is 0. The molecule has 7 heteroatoms. The number of benzene rings is 1. The molecule has 1 heterocycles. The van der Waals surface area contributed by atoms with Gasteiger partial charge in [-0.2, -0.15) is 0 Å². The molecule has 1 aliphatic carbocycles. The summed E-state index contributed by atoms with van der Waals surface area (Å²) in [6.07, 6.45) is 1.12. The molecule has 1 saturated heterocycles. The van der Waals surface area contributed by atoms with Gasteiger partial charge in [-0.05, 0) is 47.0 Å². The second kappa shape index (κ2) is 7.44. The molecule has 2 N–H and O–H groups in total. The van der Waals surface area contributed by atoms with E-state index < -0.39 is 0 Å². The molecular weight excluding hydrogens is 464 g/mol. The SMILES string of the molecule is CC1CN(C(N)=N[C@@H]2C[C@H]2c2ccc(Br)c(F)c2)CCO1.I. The lowest BCUT2D eigenvalue weighted by Crippen LogP contribution is -2.48. The standard InChI is InChI=1S/C15H19BrFN3O.HI/c1-9-8-20(4-5-21-9)15(18)19-14-7-11(14)10-2-3-12(16)13(17)6-10;/h2-3,6,9,11,14H,4-5,7-8H2,1H3,(H2,18,19);1H/t9?,11-,14+;/m0./s1. The summed E-state index contributed by atoms with van der Waals surface area (Å²) < 4.78 is 19.6. The molecule has 2 fully saturated rings. The molecule has 1 unspecified atom stereocenters. The Bertz CT molecular complexity index is 572. The molecule has 2 aliphatic rings. The van der Waals surface area contributed by atoms with Crippen molar-refractivity contribution in [1.82, 2.24) is 4.90 Å². The van der Waals surface area contributed by atoms with E-state index in [2.05, 4.69) is 25.8 Å². The first-order valence-electron chi connectivity index (χ1n) is 7.19. The van der Waals surface area contributed by atoms with Gasteiger partial charge in [0, 0.05) is 19.0 Å². The van der Waals surface area contributed by atoms with Crippen LogP contribution >= 0.6 is 39.9 Å². The van der Waals surface area contributed by atoms with Gasteiger partial charge < -0.3 is 15.4 Å². The van der Waals surface area contributed by atoms with E-state index in [0.29, 0.717) is 17.0 Å². The maximum atomic E-state index is 13.6. The highest BCUT2D eigenvalue weighted by Crippen LogP contribution is 2.44. The predicted octanol–water partition coefficient (Wildman–Crippen LogP) is 3.10. The monoisotopic (exact) mass is 483 g/mol. The van der Waals surface area contributed by atoms with Gasteiger partial charge in [-0.15, -0.1) is 24.0 Å². The van der Waals surface area contributed by atoms with Crippen molar-refractivity contribution in [1.29, 1.82) is 0 Å². The average molecular weight is 484 g/mol. The predicted molar refractivity (Wildman–Crippen MR) is 99.3 cm³/mol. The van der Waals surface area contributed by atoms with Crippen molar-refractivity contribution in [2.45, 2.75) is 31.4 Å². The molecule has 1 saturated carbocycles. The van der Waals surface area contributed by atoms with Gasteiger partial charge in [0.1, 0.15) is 5.82 Å². The number of halogens is 3. The number of nitrogens with two attached hydrogens (primary N) is 1. The Hall–Kier alpha value is -0.410. The Morgan fingerprint density at radius 1 is 1.50 bits per heavy atom. The first-order chi connectivity index (χ1) is 10.0. The van der Waals surface area contributed by atoms with Gasteiger partial charge in [0.2, 0.25) is 0 Å². The zero-order valence-corrected chi connectivity index (χ0v) is 16.3. The van der Waals surface area contributed by atoms with Crippen LogP contribution in [0, 0.1) is 5.82 Å². The van der Waals surface area contributed by atoms with E-state index in [-0.39, 0.29) is 47.9 Å². The molecule has 22 heavy (non-hydrogen) atoms. The zero-order chi connectivity index (χ0) is 15.0. The number of ether oxygens (including phenoxy) is 1. The Balaban J connectivity index is 0.00000176. The van der Waals surface area contributed by atoms with Crippen LogP contribution in [-0.4, -0.2) is 42.7 Å². The van der Waals surface area contributed by atoms with Gasteiger partial charge in [-0.25, -0.2) is 9.38 Å². The molecule has 3 rings (SSSR count). The lowest BCUT2D eigenvalue weighted by molar-refractivity contribution is 0.00528. The molecular formula is C15H20BrFIN3O. The number of aliphatic imine (C=N–C) groups is 1. The fourth-order valence-electron chi connectivity index (χ4n) is 2.70. The van der Waals surface area contributed by atoms with Crippen molar-refractivity contribution in [3.05, 3.63) is 34.1 Å². The molecule has 0 amide bonds. The van der Waals surface area contributed by atoms with E-state index in [4.69, 9.17) is 10.5 Å². The first kappa shape index (κ1) is 17.9. The van der Waals surface area contributed by atoms with E-state index in [1.54, 1.807) is 12.1 Å². The fourth-order valence-corrected chi connectivity index (χ4v) is 2.95. The summed E-state index contributed by atoms with van der Waals surface area (Å²) in [5, 5.41) is 0. The number of hydrogen-bond acceptors (Lipinski definition) is 2. The van der Waals surface area contributed by atoms with Crippen LogP contribution in [0.4, 0.5) is 4.39 Å². The van der Waals surface area contributed by atoms with Gasteiger partial charge in [-0.1, -0.05) is 6.07 Å². The van der Waals surface area contributed by atoms with E-state index in [0.717, 1.165) is 25.1 Å². The highest BCUT2D eigenvalue weighted by molar-refractivity contribution is 14.0. The molecule has 122 valence electrons. The largest absolute Gasteiger partial charge is 0.375 e. The van der Waals surface area contributed by atoms with Gasteiger partial charge >= 0.3 is 0 Å². The van der Waals surface area contributed by atoms with E-state index in [1.807, 2.05) is 13.0 Å². The zero-order valence-electron chi connectivity index (χ0n) is 12.3. The maximum absolute atomic E-state index is 13.6. The van der Waals surface area contributed by atoms with Crippen molar-refractivity contribution in [2.24, 2.45) is 10.7 Å². The van der Waals surface area contributed by atoms with Crippen molar-refractivity contribution in [3.8, 4) is 0 Å². The van der Waals surface area contributed by atoms with Gasteiger partial charge in [-0.3, -0.25) is 0 Å². The third-order valence-electron chi connectivity index (χ3n) is 3.99. The lowest BCUT2D eigenvalue weighted by Gasteiger charge is -2.31. The van der Waals surface area contributed by atoms with Gasteiger partial charge in [0.05, 0.1) is 23.2 Å². The van der Waals surface area contributed by atoms with Crippen LogP contribution in [0.5, 0.6) is 0 Å². The normalized spacial score (nSPS) is 28.2. The fraction of sp³-hybridized carbons (Fsp3) is 0.533. The molecule has 1 aromatic rings.